The number of para-hydroxylation sites is 1. The van der Waals surface area contributed by atoms with E-state index in [9.17, 15) is 4.79 Å². The fourth-order valence-corrected chi connectivity index (χ4v) is 1.68. The van der Waals surface area contributed by atoms with E-state index in [4.69, 9.17) is 9.84 Å². The second-order valence-electron chi connectivity index (χ2n) is 4.46. The number of aliphatic carboxylic acids is 1. The molecule has 1 aromatic rings. The van der Waals surface area contributed by atoms with Crippen molar-refractivity contribution < 1.29 is 14.6 Å². The number of hydrogen-bond donors (Lipinski definition) is 2. The van der Waals surface area contributed by atoms with Crippen LogP contribution < -0.4 is 5.32 Å². The van der Waals surface area contributed by atoms with Gasteiger partial charge in [0.1, 0.15) is 0 Å². The summed E-state index contributed by atoms with van der Waals surface area (Å²) in [6.45, 7) is 4.24. The van der Waals surface area contributed by atoms with Crippen molar-refractivity contribution in [2.75, 3.05) is 19.0 Å². The van der Waals surface area contributed by atoms with Gasteiger partial charge in [0.05, 0.1) is 12.5 Å². The third-order valence-electron chi connectivity index (χ3n) is 3.12. The number of carbonyl (C=O) groups is 1. The molecule has 4 nitrogen and oxygen atoms in total. The number of benzene rings is 1. The van der Waals surface area contributed by atoms with Gasteiger partial charge in [-0.3, -0.25) is 4.79 Å². The van der Waals surface area contributed by atoms with Crippen LogP contribution in [0.15, 0.2) is 24.3 Å². The van der Waals surface area contributed by atoms with Crippen LogP contribution in [0.1, 0.15) is 19.4 Å². The van der Waals surface area contributed by atoms with Gasteiger partial charge >= 0.3 is 5.97 Å². The van der Waals surface area contributed by atoms with Crippen LogP contribution >= 0.6 is 0 Å². The van der Waals surface area contributed by atoms with Crippen LogP contribution in [-0.4, -0.2) is 30.8 Å². The summed E-state index contributed by atoms with van der Waals surface area (Å²) >= 11 is 0. The first-order chi connectivity index (χ1) is 8.56. The SMILES string of the molecule is COCCc1ccccc1NC(C)C(C)C(=O)O. The van der Waals surface area contributed by atoms with Crippen LogP contribution in [0.3, 0.4) is 0 Å². The minimum Gasteiger partial charge on any atom is -0.481 e. The lowest BCUT2D eigenvalue weighted by atomic mass is 10.0. The highest BCUT2D eigenvalue weighted by Crippen LogP contribution is 2.19. The maximum absolute atomic E-state index is 10.9. The largest absolute Gasteiger partial charge is 0.481 e. The van der Waals surface area contributed by atoms with E-state index in [0.29, 0.717) is 6.61 Å². The predicted molar refractivity (Wildman–Crippen MR) is 71.9 cm³/mol. The molecule has 0 radical (unpaired) electrons. The first-order valence-electron chi connectivity index (χ1n) is 6.12. The average Bonchev–Trinajstić information content (AvgIpc) is 2.36. The molecule has 18 heavy (non-hydrogen) atoms. The summed E-state index contributed by atoms with van der Waals surface area (Å²) in [5, 5.41) is 12.2. The Balaban J connectivity index is 2.74. The second kappa shape index (κ2) is 7.01. The van der Waals surface area contributed by atoms with Crippen molar-refractivity contribution in [3.8, 4) is 0 Å². The minimum absolute atomic E-state index is 0.119. The molecule has 2 atom stereocenters. The fraction of sp³-hybridized carbons (Fsp3) is 0.500. The predicted octanol–water partition coefficient (Wildman–Crippen LogP) is 2.40. The van der Waals surface area contributed by atoms with E-state index in [1.54, 1.807) is 14.0 Å². The van der Waals surface area contributed by atoms with Gasteiger partial charge in [-0.05, 0) is 31.9 Å². The van der Waals surface area contributed by atoms with Crippen molar-refractivity contribution in [1.82, 2.24) is 0 Å². The summed E-state index contributed by atoms with van der Waals surface area (Å²) in [7, 11) is 1.67. The fourth-order valence-electron chi connectivity index (χ4n) is 1.68. The monoisotopic (exact) mass is 251 g/mol. The summed E-state index contributed by atoms with van der Waals surface area (Å²) in [5.41, 5.74) is 2.12. The Labute approximate surface area is 108 Å². The zero-order chi connectivity index (χ0) is 13.5. The number of nitrogens with one attached hydrogen (secondary N) is 1. The quantitative estimate of drug-likeness (QED) is 0.781. The molecule has 0 aliphatic heterocycles. The van der Waals surface area contributed by atoms with Gasteiger partial charge in [0.25, 0.3) is 0 Å². The number of carboxylic acids is 1. The van der Waals surface area contributed by atoms with Crippen LogP contribution in [0.25, 0.3) is 0 Å². The van der Waals surface area contributed by atoms with Crippen molar-refractivity contribution >= 4 is 11.7 Å². The molecule has 2 N–H and O–H groups in total. The zero-order valence-corrected chi connectivity index (χ0v) is 11.1. The van der Waals surface area contributed by atoms with E-state index < -0.39 is 11.9 Å². The van der Waals surface area contributed by atoms with Crippen LogP contribution in [0.2, 0.25) is 0 Å². The lowest BCUT2D eigenvalue weighted by Gasteiger charge is -2.21. The molecule has 1 aromatic carbocycles. The van der Waals surface area contributed by atoms with Crippen LogP contribution in [-0.2, 0) is 16.0 Å². The zero-order valence-electron chi connectivity index (χ0n) is 11.1. The highest BCUT2D eigenvalue weighted by Gasteiger charge is 2.19. The normalized spacial score (nSPS) is 13.9. The van der Waals surface area contributed by atoms with E-state index >= 15 is 0 Å². The summed E-state index contributed by atoms with van der Waals surface area (Å²) in [6.07, 6.45) is 0.813. The molecule has 0 spiro atoms. The van der Waals surface area contributed by atoms with Gasteiger partial charge < -0.3 is 15.2 Å². The molecule has 0 bridgehead atoms. The summed E-state index contributed by atoms with van der Waals surface area (Å²) in [4.78, 5) is 10.9. The molecule has 0 aliphatic carbocycles. The molecule has 4 heteroatoms. The van der Waals surface area contributed by atoms with Crippen molar-refractivity contribution in [3.63, 3.8) is 0 Å². The maximum Gasteiger partial charge on any atom is 0.308 e. The molecular formula is C14H21NO3. The van der Waals surface area contributed by atoms with Crippen LogP contribution in [0, 0.1) is 5.92 Å². The Kier molecular flexibility index (Phi) is 5.65. The molecule has 0 aromatic heterocycles. The van der Waals surface area contributed by atoms with Gasteiger partial charge in [0.15, 0.2) is 0 Å². The lowest BCUT2D eigenvalue weighted by Crippen LogP contribution is -2.30. The van der Waals surface area contributed by atoms with E-state index in [1.165, 1.54) is 0 Å². The van der Waals surface area contributed by atoms with Gasteiger partial charge in [-0.2, -0.15) is 0 Å². The molecule has 0 heterocycles. The third kappa shape index (κ3) is 4.04. The average molecular weight is 251 g/mol. The van der Waals surface area contributed by atoms with E-state index in [2.05, 4.69) is 5.32 Å². The molecular weight excluding hydrogens is 230 g/mol. The van der Waals surface area contributed by atoms with E-state index in [1.807, 2.05) is 31.2 Å². The van der Waals surface area contributed by atoms with Gasteiger partial charge in [-0.1, -0.05) is 18.2 Å². The summed E-state index contributed by atoms with van der Waals surface area (Å²) in [6, 6.07) is 7.79. The number of hydrogen-bond acceptors (Lipinski definition) is 3. The van der Waals surface area contributed by atoms with Gasteiger partial charge in [0.2, 0.25) is 0 Å². The summed E-state index contributed by atoms with van der Waals surface area (Å²) < 4.78 is 5.07. The number of rotatable bonds is 7. The van der Waals surface area contributed by atoms with Crippen molar-refractivity contribution in [2.45, 2.75) is 26.3 Å². The highest BCUT2D eigenvalue weighted by molar-refractivity contribution is 5.71. The molecule has 0 amide bonds. The highest BCUT2D eigenvalue weighted by atomic mass is 16.5. The van der Waals surface area contributed by atoms with E-state index in [-0.39, 0.29) is 6.04 Å². The maximum atomic E-state index is 10.9. The molecule has 0 fully saturated rings. The van der Waals surface area contributed by atoms with Crippen LogP contribution in [0.5, 0.6) is 0 Å². The Morgan fingerprint density at radius 2 is 2.06 bits per heavy atom. The Hall–Kier alpha value is -1.55. The van der Waals surface area contributed by atoms with Gasteiger partial charge in [-0.25, -0.2) is 0 Å². The van der Waals surface area contributed by atoms with Gasteiger partial charge in [0, 0.05) is 18.8 Å². The Morgan fingerprint density at radius 1 is 1.39 bits per heavy atom. The molecule has 1 rings (SSSR count). The first kappa shape index (κ1) is 14.5. The molecule has 100 valence electrons. The lowest BCUT2D eigenvalue weighted by molar-refractivity contribution is -0.141. The minimum atomic E-state index is -0.788. The second-order valence-corrected chi connectivity index (χ2v) is 4.46. The van der Waals surface area contributed by atoms with Crippen LogP contribution in [0.4, 0.5) is 5.69 Å². The smallest absolute Gasteiger partial charge is 0.308 e. The number of carboxylic acid groups (broad SMARTS) is 1. The Morgan fingerprint density at radius 3 is 2.67 bits per heavy atom. The number of anilines is 1. The van der Waals surface area contributed by atoms with Crippen molar-refractivity contribution in [1.29, 1.82) is 0 Å². The van der Waals surface area contributed by atoms with E-state index in [0.717, 1.165) is 17.7 Å². The third-order valence-corrected chi connectivity index (χ3v) is 3.12. The topological polar surface area (TPSA) is 58.6 Å². The Bertz CT molecular complexity index is 392. The summed E-state index contributed by atoms with van der Waals surface area (Å²) in [5.74, 6) is -1.22. The molecule has 0 saturated carbocycles. The standard InChI is InChI=1S/C14H21NO3/c1-10(14(16)17)11(2)15-13-7-5-4-6-12(13)8-9-18-3/h4-7,10-11,15H,8-9H2,1-3H3,(H,16,17). The van der Waals surface area contributed by atoms with Gasteiger partial charge in [-0.15, -0.1) is 0 Å². The van der Waals surface area contributed by atoms with Crippen molar-refractivity contribution in [2.24, 2.45) is 5.92 Å². The first-order valence-corrected chi connectivity index (χ1v) is 6.12. The molecule has 0 aliphatic rings. The molecule has 2 unspecified atom stereocenters. The number of methoxy groups -OCH3 is 1. The molecule has 0 saturated heterocycles. The number of ether oxygens (including phenoxy) is 1. The van der Waals surface area contributed by atoms with Crippen molar-refractivity contribution in [3.05, 3.63) is 29.8 Å².